The zero-order valence-corrected chi connectivity index (χ0v) is 24.4. The third-order valence-corrected chi connectivity index (χ3v) is 6.98. The summed E-state index contributed by atoms with van der Waals surface area (Å²) in [7, 11) is 0. The summed E-state index contributed by atoms with van der Waals surface area (Å²) in [5.74, 6) is -2.35. The number of benzene rings is 2. The van der Waals surface area contributed by atoms with E-state index in [1.54, 1.807) is 66.7 Å². The van der Waals surface area contributed by atoms with E-state index in [1.165, 1.54) is 6.20 Å². The Morgan fingerprint density at radius 3 is 2.09 bits per heavy atom. The number of hydrogen-bond donors (Lipinski definition) is 1. The average molecular weight is 585 g/mol. The Balaban J connectivity index is 1.67. The quantitative estimate of drug-likeness (QED) is 0.222. The van der Waals surface area contributed by atoms with Crippen molar-refractivity contribution in [3.63, 3.8) is 0 Å². The predicted octanol–water partition coefficient (Wildman–Crippen LogP) is 5.62. The normalized spacial score (nSPS) is 21.0. The smallest absolute Gasteiger partial charge is 0.339 e. The molecule has 2 atom stereocenters. The number of nitrogens with one attached hydrogen (secondary N) is 1. The number of ether oxygens (including phenoxy) is 3. The van der Waals surface area contributed by atoms with Crippen LogP contribution in [0.2, 0.25) is 0 Å². The van der Waals surface area contributed by atoms with E-state index >= 15 is 0 Å². The summed E-state index contributed by atoms with van der Waals surface area (Å²) in [6.07, 6.45) is 5.60. The summed E-state index contributed by atoms with van der Waals surface area (Å²) in [5.41, 5.74) is 2.47. The lowest BCUT2D eigenvalue weighted by Crippen LogP contribution is -2.36. The Morgan fingerprint density at radius 2 is 1.42 bits per heavy atom. The van der Waals surface area contributed by atoms with E-state index in [0.29, 0.717) is 23.1 Å². The highest BCUT2D eigenvalue weighted by Gasteiger charge is 2.29. The van der Waals surface area contributed by atoms with Gasteiger partial charge in [0.05, 0.1) is 23.4 Å². The molecule has 2 unspecified atom stereocenters. The van der Waals surface area contributed by atoms with Crippen molar-refractivity contribution in [2.24, 2.45) is 5.92 Å². The molecule has 1 aliphatic heterocycles. The molecule has 1 aromatic heterocycles. The molecular formula is C34H36N2O7. The molecular weight excluding hydrogens is 548 g/mol. The van der Waals surface area contributed by atoms with Gasteiger partial charge in [-0.1, -0.05) is 68.3 Å². The molecule has 0 bridgehead atoms. The van der Waals surface area contributed by atoms with Crippen molar-refractivity contribution in [2.75, 3.05) is 19.8 Å². The number of rotatable bonds is 1. The van der Waals surface area contributed by atoms with E-state index in [1.807, 2.05) is 6.92 Å². The Kier molecular flexibility index (Phi) is 11.2. The number of carbonyl (C=O) groups excluding carboxylic acids is 4. The largest absolute Gasteiger partial charge is 0.464 e. The fourth-order valence-electron chi connectivity index (χ4n) is 4.85. The molecule has 0 aliphatic carbocycles. The van der Waals surface area contributed by atoms with Crippen LogP contribution in [0.5, 0.6) is 0 Å². The SMILES string of the molecule is C/C1=C/C(C)CCCCCOC(=O)CNC(=O)C(c2ccccn2)OC(=O)c2ccccc2-c2ccccc2C(=O)OC1. The summed E-state index contributed by atoms with van der Waals surface area (Å²) in [4.78, 5) is 56.5. The van der Waals surface area contributed by atoms with E-state index in [4.69, 9.17) is 14.2 Å². The summed E-state index contributed by atoms with van der Waals surface area (Å²) >= 11 is 0. The van der Waals surface area contributed by atoms with Crippen LogP contribution in [-0.4, -0.2) is 48.6 Å². The highest BCUT2D eigenvalue weighted by Crippen LogP contribution is 2.30. The van der Waals surface area contributed by atoms with Gasteiger partial charge in [-0.15, -0.1) is 0 Å². The van der Waals surface area contributed by atoms with Crippen LogP contribution in [0, 0.1) is 5.92 Å². The molecule has 224 valence electrons. The first-order chi connectivity index (χ1) is 20.8. The van der Waals surface area contributed by atoms with Gasteiger partial charge < -0.3 is 19.5 Å². The molecule has 9 heteroatoms. The third kappa shape index (κ3) is 8.85. The molecule has 0 radical (unpaired) electrons. The number of allylic oxidation sites excluding steroid dienone is 1. The molecule has 0 saturated carbocycles. The minimum Gasteiger partial charge on any atom is -0.464 e. The maximum atomic E-state index is 13.6. The standard InChI is InChI=1S/C34H36N2O7/c1-23-12-4-3-11-19-41-30(37)21-36-32(38)31(29-17-9-10-18-35-29)43-34(40)28-16-8-6-14-26(28)25-13-5-7-15-27(25)33(39)42-22-24(2)20-23/h5-10,13-18,20,23,31H,3-4,11-12,19,21-22H2,1-2H3,(H,36,38)/b24-20-. The number of amides is 1. The Labute approximate surface area is 251 Å². The number of carbonyl (C=O) groups is 4. The van der Waals surface area contributed by atoms with Gasteiger partial charge in [0.25, 0.3) is 5.91 Å². The van der Waals surface area contributed by atoms with Crippen molar-refractivity contribution < 1.29 is 33.4 Å². The van der Waals surface area contributed by atoms with Crippen LogP contribution in [0.25, 0.3) is 11.1 Å². The summed E-state index contributed by atoms with van der Waals surface area (Å²) < 4.78 is 16.7. The summed E-state index contributed by atoms with van der Waals surface area (Å²) in [6.45, 7) is 4.03. The fourth-order valence-corrected chi connectivity index (χ4v) is 4.85. The highest BCUT2D eigenvalue weighted by atomic mass is 16.6. The van der Waals surface area contributed by atoms with E-state index in [-0.39, 0.29) is 36.9 Å². The van der Waals surface area contributed by atoms with Crippen LogP contribution in [0.3, 0.4) is 0 Å². The molecule has 1 aliphatic rings. The first kappa shape index (κ1) is 31.2. The number of pyridine rings is 1. The van der Waals surface area contributed by atoms with Crippen LogP contribution in [-0.2, 0) is 23.8 Å². The monoisotopic (exact) mass is 584 g/mol. The lowest BCUT2D eigenvalue weighted by atomic mass is 9.95. The van der Waals surface area contributed by atoms with Gasteiger partial charge in [-0.25, -0.2) is 9.59 Å². The number of cyclic esters (lactones) is 3. The molecule has 3 aromatic rings. The average Bonchev–Trinajstić information content (AvgIpc) is 3.02. The number of nitrogens with zero attached hydrogens (tertiary/aromatic N) is 1. The van der Waals surface area contributed by atoms with Gasteiger partial charge in [-0.3, -0.25) is 14.6 Å². The Hall–Kier alpha value is -4.79. The van der Waals surface area contributed by atoms with Crippen molar-refractivity contribution in [3.05, 3.63) is 101 Å². The number of aromatic nitrogens is 1. The fraction of sp³-hybridized carbons (Fsp3) is 0.324. The molecule has 1 amide bonds. The van der Waals surface area contributed by atoms with Crippen molar-refractivity contribution in [1.29, 1.82) is 0 Å². The second kappa shape index (κ2) is 15.4. The van der Waals surface area contributed by atoms with Gasteiger partial charge in [-0.05, 0) is 66.6 Å². The Morgan fingerprint density at radius 1 is 0.767 bits per heavy atom. The minimum atomic E-state index is -1.44. The molecule has 9 nitrogen and oxygen atoms in total. The minimum absolute atomic E-state index is 0.137. The zero-order valence-electron chi connectivity index (χ0n) is 24.4. The lowest BCUT2D eigenvalue weighted by Gasteiger charge is -2.19. The second-order valence-corrected chi connectivity index (χ2v) is 10.5. The van der Waals surface area contributed by atoms with Crippen LogP contribution < -0.4 is 5.32 Å². The Bertz CT molecular complexity index is 1470. The van der Waals surface area contributed by atoms with Crippen LogP contribution in [0.15, 0.2) is 84.6 Å². The molecule has 2 heterocycles. The van der Waals surface area contributed by atoms with Crippen molar-refractivity contribution in [2.45, 2.75) is 45.6 Å². The van der Waals surface area contributed by atoms with E-state index in [2.05, 4.69) is 23.3 Å². The van der Waals surface area contributed by atoms with Gasteiger partial charge in [0.1, 0.15) is 13.2 Å². The third-order valence-electron chi connectivity index (χ3n) is 6.98. The van der Waals surface area contributed by atoms with Gasteiger partial charge in [0.15, 0.2) is 0 Å². The first-order valence-electron chi connectivity index (χ1n) is 14.4. The highest BCUT2D eigenvalue weighted by molar-refractivity contribution is 6.04. The first-order valence-corrected chi connectivity index (χ1v) is 14.4. The lowest BCUT2D eigenvalue weighted by molar-refractivity contribution is -0.145. The van der Waals surface area contributed by atoms with Crippen molar-refractivity contribution >= 4 is 23.8 Å². The number of hydrogen-bond acceptors (Lipinski definition) is 8. The summed E-state index contributed by atoms with van der Waals surface area (Å²) in [6, 6.07) is 18.4. The van der Waals surface area contributed by atoms with Crippen molar-refractivity contribution in [3.8, 4) is 11.1 Å². The summed E-state index contributed by atoms with van der Waals surface area (Å²) in [5, 5.41) is 2.50. The molecule has 4 rings (SSSR count). The van der Waals surface area contributed by atoms with E-state index in [0.717, 1.165) is 24.8 Å². The van der Waals surface area contributed by atoms with Gasteiger partial charge in [-0.2, -0.15) is 0 Å². The van der Waals surface area contributed by atoms with Crippen molar-refractivity contribution in [1.82, 2.24) is 10.3 Å². The van der Waals surface area contributed by atoms with Crippen LogP contribution in [0.4, 0.5) is 0 Å². The molecule has 43 heavy (non-hydrogen) atoms. The molecule has 0 saturated heterocycles. The van der Waals surface area contributed by atoms with Gasteiger partial charge >= 0.3 is 17.9 Å². The topological polar surface area (TPSA) is 121 Å². The van der Waals surface area contributed by atoms with Crippen LogP contribution >= 0.6 is 0 Å². The van der Waals surface area contributed by atoms with E-state index < -0.39 is 29.9 Å². The van der Waals surface area contributed by atoms with Gasteiger partial charge in [0, 0.05) is 6.20 Å². The molecule has 1 N–H and O–H groups in total. The zero-order chi connectivity index (χ0) is 30.6. The molecule has 2 aromatic carbocycles. The number of fused-ring (bicyclic) bond motifs is 3. The maximum Gasteiger partial charge on any atom is 0.339 e. The number of esters is 3. The van der Waals surface area contributed by atoms with Crippen LogP contribution in [0.1, 0.15) is 72.0 Å². The predicted molar refractivity (Wildman–Crippen MR) is 160 cm³/mol. The second-order valence-electron chi connectivity index (χ2n) is 10.5. The molecule has 0 fully saturated rings. The molecule has 0 spiro atoms. The van der Waals surface area contributed by atoms with E-state index in [9.17, 15) is 19.2 Å². The maximum absolute atomic E-state index is 13.6. The van der Waals surface area contributed by atoms with Gasteiger partial charge in [0.2, 0.25) is 6.10 Å².